The third kappa shape index (κ3) is 5.93. The van der Waals surface area contributed by atoms with Crippen molar-refractivity contribution in [3.05, 3.63) is 0 Å². The molecule has 0 fully saturated rings. The molecule has 106 valence electrons. The molecule has 0 bridgehead atoms. The fraction of sp³-hybridized carbons (Fsp3) is 0.833. The SMILES string of the molecule is CCC(C)C(=O)OC(C)(C)C(=O)OCC(C)(F)F. The lowest BCUT2D eigenvalue weighted by Crippen LogP contribution is -2.41. The van der Waals surface area contributed by atoms with Crippen LogP contribution in [0.4, 0.5) is 8.78 Å². The molecule has 0 aromatic rings. The van der Waals surface area contributed by atoms with Crippen LogP contribution in [-0.2, 0) is 19.1 Å². The molecule has 1 unspecified atom stereocenters. The molecule has 0 N–H and O–H groups in total. The number of carbonyl (C=O) groups excluding carboxylic acids is 2. The van der Waals surface area contributed by atoms with Gasteiger partial charge in [0, 0.05) is 6.92 Å². The molecule has 0 rings (SSSR count). The smallest absolute Gasteiger partial charge is 0.350 e. The summed E-state index contributed by atoms with van der Waals surface area (Å²) in [6.07, 6.45) is 0.566. The van der Waals surface area contributed by atoms with Crippen molar-refractivity contribution in [3.63, 3.8) is 0 Å². The average molecular weight is 266 g/mol. The summed E-state index contributed by atoms with van der Waals surface area (Å²) in [5, 5.41) is 0. The van der Waals surface area contributed by atoms with Crippen LogP contribution in [0.1, 0.15) is 41.0 Å². The average Bonchev–Trinajstić information content (AvgIpc) is 2.22. The van der Waals surface area contributed by atoms with E-state index in [9.17, 15) is 18.4 Å². The second-order valence-electron chi connectivity index (χ2n) is 4.89. The van der Waals surface area contributed by atoms with Gasteiger partial charge in [-0.15, -0.1) is 0 Å². The normalized spacial score (nSPS) is 13.9. The van der Waals surface area contributed by atoms with Crippen molar-refractivity contribution in [2.75, 3.05) is 6.61 Å². The maximum absolute atomic E-state index is 12.5. The van der Waals surface area contributed by atoms with Crippen molar-refractivity contribution in [2.24, 2.45) is 5.92 Å². The molecule has 0 aliphatic carbocycles. The van der Waals surface area contributed by atoms with E-state index in [1.165, 1.54) is 13.8 Å². The molecule has 0 aliphatic heterocycles. The maximum Gasteiger partial charge on any atom is 0.350 e. The van der Waals surface area contributed by atoms with Gasteiger partial charge in [0.05, 0.1) is 5.92 Å². The summed E-state index contributed by atoms with van der Waals surface area (Å²) in [7, 11) is 0. The first-order valence-corrected chi connectivity index (χ1v) is 5.77. The van der Waals surface area contributed by atoms with E-state index in [-0.39, 0.29) is 5.92 Å². The van der Waals surface area contributed by atoms with E-state index in [4.69, 9.17) is 4.74 Å². The predicted molar refractivity (Wildman–Crippen MR) is 61.2 cm³/mol. The van der Waals surface area contributed by atoms with Crippen molar-refractivity contribution in [1.82, 2.24) is 0 Å². The number of alkyl halides is 2. The Kier molecular flexibility index (Phi) is 5.70. The predicted octanol–water partition coefficient (Wildman–Crippen LogP) is 2.55. The van der Waals surface area contributed by atoms with Crippen LogP contribution in [0.2, 0.25) is 0 Å². The maximum atomic E-state index is 12.5. The Morgan fingerprint density at radius 3 is 2.11 bits per heavy atom. The molecule has 0 aliphatic rings. The van der Waals surface area contributed by atoms with Gasteiger partial charge in [0.25, 0.3) is 5.92 Å². The van der Waals surface area contributed by atoms with Gasteiger partial charge in [-0.3, -0.25) is 4.79 Å². The fourth-order valence-corrected chi connectivity index (χ4v) is 0.926. The van der Waals surface area contributed by atoms with Crippen molar-refractivity contribution < 1.29 is 27.8 Å². The molecule has 0 spiro atoms. The second-order valence-corrected chi connectivity index (χ2v) is 4.89. The molecule has 0 saturated carbocycles. The molecule has 18 heavy (non-hydrogen) atoms. The number of carbonyl (C=O) groups is 2. The Labute approximate surface area is 106 Å². The number of esters is 2. The van der Waals surface area contributed by atoms with Crippen LogP contribution in [0.25, 0.3) is 0 Å². The van der Waals surface area contributed by atoms with E-state index < -0.39 is 30.1 Å². The number of halogens is 2. The first kappa shape index (κ1) is 16.8. The minimum absolute atomic E-state index is 0.357. The third-order valence-corrected chi connectivity index (χ3v) is 2.32. The molecule has 6 heteroatoms. The number of hydrogen-bond donors (Lipinski definition) is 0. The van der Waals surface area contributed by atoms with Gasteiger partial charge in [-0.25, -0.2) is 13.6 Å². The standard InChI is InChI=1S/C12H20F2O4/c1-6-8(2)9(15)18-11(3,4)10(16)17-7-12(5,13)14/h8H,6-7H2,1-5H3. The summed E-state index contributed by atoms with van der Waals surface area (Å²) < 4.78 is 34.4. The lowest BCUT2D eigenvalue weighted by atomic mass is 10.1. The quantitative estimate of drug-likeness (QED) is 0.693. The number of hydrogen-bond acceptors (Lipinski definition) is 4. The Balaban J connectivity index is 4.44. The van der Waals surface area contributed by atoms with E-state index in [1.807, 2.05) is 0 Å². The summed E-state index contributed by atoms with van der Waals surface area (Å²) in [5.41, 5.74) is -1.56. The molecule has 0 amide bonds. The summed E-state index contributed by atoms with van der Waals surface area (Å²) in [4.78, 5) is 23.0. The Morgan fingerprint density at radius 2 is 1.72 bits per heavy atom. The van der Waals surface area contributed by atoms with Crippen molar-refractivity contribution in [1.29, 1.82) is 0 Å². The van der Waals surface area contributed by atoms with Crippen molar-refractivity contribution in [2.45, 2.75) is 52.6 Å². The van der Waals surface area contributed by atoms with E-state index in [2.05, 4.69) is 4.74 Å². The molecular weight excluding hydrogens is 246 g/mol. The third-order valence-electron chi connectivity index (χ3n) is 2.32. The number of ether oxygens (including phenoxy) is 2. The van der Waals surface area contributed by atoms with Crippen LogP contribution >= 0.6 is 0 Å². The highest BCUT2D eigenvalue weighted by molar-refractivity contribution is 5.83. The van der Waals surface area contributed by atoms with Gasteiger partial charge in [-0.05, 0) is 20.3 Å². The van der Waals surface area contributed by atoms with Crippen molar-refractivity contribution >= 4 is 11.9 Å². The van der Waals surface area contributed by atoms with E-state index >= 15 is 0 Å². The highest BCUT2D eigenvalue weighted by Gasteiger charge is 2.36. The molecule has 0 saturated heterocycles. The molecule has 4 nitrogen and oxygen atoms in total. The summed E-state index contributed by atoms with van der Waals surface area (Å²) >= 11 is 0. The number of rotatable bonds is 6. The molecule has 1 atom stereocenters. The van der Waals surface area contributed by atoms with Crippen LogP contribution in [0.3, 0.4) is 0 Å². The zero-order valence-electron chi connectivity index (χ0n) is 11.4. The summed E-state index contributed by atoms with van der Waals surface area (Å²) in [6.45, 7) is 5.68. The fourth-order valence-electron chi connectivity index (χ4n) is 0.926. The van der Waals surface area contributed by atoms with Gasteiger partial charge in [-0.1, -0.05) is 13.8 Å². The Bertz CT molecular complexity index is 308. The Hall–Kier alpha value is -1.20. The van der Waals surface area contributed by atoms with Gasteiger partial charge < -0.3 is 9.47 Å². The minimum Gasteiger partial charge on any atom is -0.456 e. The topological polar surface area (TPSA) is 52.6 Å². The molecule has 0 heterocycles. The zero-order chi connectivity index (χ0) is 14.6. The minimum atomic E-state index is -3.10. The van der Waals surface area contributed by atoms with Gasteiger partial charge in [0.1, 0.15) is 0 Å². The van der Waals surface area contributed by atoms with Gasteiger partial charge in [-0.2, -0.15) is 0 Å². The van der Waals surface area contributed by atoms with E-state index in [0.717, 1.165) is 0 Å². The monoisotopic (exact) mass is 266 g/mol. The van der Waals surface area contributed by atoms with Gasteiger partial charge >= 0.3 is 11.9 Å². The van der Waals surface area contributed by atoms with E-state index in [1.54, 1.807) is 13.8 Å². The van der Waals surface area contributed by atoms with Gasteiger partial charge in [0.2, 0.25) is 5.60 Å². The first-order chi connectivity index (χ1) is 7.99. The van der Waals surface area contributed by atoms with Crippen molar-refractivity contribution in [3.8, 4) is 0 Å². The highest BCUT2D eigenvalue weighted by atomic mass is 19.3. The molecule has 0 aromatic carbocycles. The first-order valence-electron chi connectivity index (χ1n) is 5.77. The van der Waals surface area contributed by atoms with Crippen LogP contribution in [0.5, 0.6) is 0 Å². The Morgan fingerprint density at radius 1 is 1.22 bits per heavy atom. The molecule has 0 aromatic heterocycles. The van der Waals surface area contributed by atoms with Crippen LogP contribution in [0, 0.1) is 5.92 Å². The summed E-state index contributed by atoms with van der Waals surface area (Å²) in [6, 6.07) is 0. The summed E-state index contributed by atoms with van der Waals surface area (Å²) in [5.74, 6) is -5.00. The lowest BCUT2D eigenvalue weighted by molar-refractivity contribution is -0.186. The van der Waals surface area contributed by atoms with Gasteiger partial charge in [0.15, 0.2) is 6.61 Å². The largest absolute Gasteiger partial charge is 0.456 e. The second kappa shape index (κ2) is 6.11. The van der Waals surface area contributed by atoms with Crippen LogP contribution in [0.15, 0.2) is 0 Å². The lowest BCUT2D eigenvalue weighted by Gasteiger charge is -2.25. The van der Waals surface area contributed by atoms with Crippen LogP contribution < -0.4 is 0 Å². The zero-order valence-corrected chi connectivity index (χ0v) is 11.4. The van der Waals surface area contributed by atoms with Crippen LogP contribution in [-0.4, -0.2) is 30.1 Å². The molecule has 0 radical (unpaired) electrons. The van der Waals surface area contributed by atoms with E-state index in [0.29, 0.717) is 13.3 Å². The molecular formula is C12H20F2O4. The highest BCUT2D eigenvalue weighted by Crippen LogP contribution is 2.18.